The van der Waals surface area contributed by atoms with E-state index in [9.17, 15) is 18.0 Å². The van der Waals surface area contributed by atoms with E-state index in [0.717, 1.165) is 15.2 Å². The Morgan fingerprint density at radius 3 is 2.62 bits per heavy atom. The second-order valence-electron chi connectivity index (χ2n) is 7.17. The van der Waals surface area contributed by atoms with Crippen molar-refractivity contribution in [3.63, 3.8) is 0 Å². The molecular weight excluding hydrogens is 403 g/mol. The van der Waals surface area contributed by atoms with Crippen molar-refractivity contribution >= 4 is 27.6 Å². The van der Waals surface area contributed by atoms with Gasteiger partial charge in [-0.25, -0.2) is 9.78 Å². The molecular formula is C20H20F3N3O2S. The minimum atomic E-state index is -4.15. The molecule has 2 amide bonds. The summed E-state index contributed by atoms with van der Waals surface area (Å²) in [4.78, 5) is 16.6. The number of carbonyl (C=O) groups is 1. The molecule has 1 saturated carbocycles. The fraction of sp³-hybridized carbons (Fsp3) is 0.400. The topological polar surface area (TPSA) is 67.2 Å². The summed E-state index contributed by atoms with van der Waals surface area (Å²) in [5, 5.41) is 6.21. The van der Waals surface area contributed by atoms with Gasteiger partial charge in [0.25, 0.3) is 0 Å². The quantitative estimate of drug-likeness (QED) is 0.584. The Kier molecular flexibility index (Phi) is 5.49. The largest absolute Gasteiger partial charge is 0.457 e. The van der Waals surface area contributed by atoms with Crippen molar-refractivity contribution in [3.05, 3.63) is 42.2 Å². The van der Waals surface area contributed by atoms with Crippen molar-refractivity contribution in [2.45, 2.75) is 44.4 Å². The second kappa shape index (κ2) is 8.06. The van der Waals surface area contributed by atoms with E-state index < -0.39 is 18.1 Å². The van der Waals surface area contributed by atoms with Crippen LogP contribution in [0.15, 0.2) is 40.8 Å². The van der Waals surface area contributed by atoms with E-state index in [4.69, 9.17) is 4.42 Å². The molecule has 0 radical (unpaired) electrons. The molecule has 154 valence electrons. The summed E-state index contributed by atoms with van der Waals surface area (Å²) in [7, 11) is 0. The molecule has 1 fully saturated rings. The van der Waals surface area contributed by atoms with Crippen LogP contribution in [0.2, 0.25) is 0 Å². The highest BCUT2D eigenvalue weighted by Gasteiger charge is 2.41. The van der Waals surface area contributed by atoms with Gasteiger partial charge in [-0.3, -0.25) is 0 Å². The molecule has 0 unspecified atom stereocenters. The number of thiazole rings is 1. The van der Waals surface area contributed by atoms with E-state index >= 15 is 0 Å². The maximum Gasteiger partial charge on any atom is 0.391 e. The Bertz CT molecular complexity index is 957. The number of urea groups is 1. The molecule has 1 aliphatic carbocycles. The van der Waals surface area contributed by atoms with Crippen molar-refractivity contribution in [3.8, 4) is 10.8 Å². The number of benzene rings is 1. The number of alkyl halides is 3. The molecule has 0 spiro atoms. The highest BCUT2D eigenvalue weighted by atomic mass is 32.1. The molecule has 0 saturated heterocycles. The molecule has 0 aliphatic heterocycles. The first-order chi connectivity index (χ1) is 13.9. The Labute approximate surface area is 169 Å². The highest BCUT2D eigenvalue weighted by Crippen LogP contribution is 2.37. The average Bonchev–Trinajstić information content (AvgIpc) is 3.33. The van der Waals surface area contributed by atoms with Crippen molar-refractivity contribution in [2.75, 3.05) is 0 Å². The number of nitrogens with one attached hydrogen (secondary N) is 2. The number of aromatic nitrogens is 1. The van der Waals surface area contributed by atoms with Crippen LogP contribution in [-0.4, -0.2) is 23.2 Å². The van der Waals surface area contributed by atoms with Gasteiger partial charge in [0, 0.05) is 6.04 Å². The molecule has 1 aromatic carbocycles. The molecule has 5 nitrogen and oxygen atoms in total. The lowest BCUT2D eigenvalue weighted by Crippen LogP contribution is -2.44. The summed E-state index contributed by atoms with van der Waals surface area (Å²) in [6.07, 6.45) is -3.37. The maximum atomic E-state index is 12.7. The van der Waals surface area contributed by atoms with E-state index in [1.54, 1.807) is 6.07 Å². The third-order valence-corrected chi connectivity index (χ3v) is 6.17. The van der Waals surface area contributed by atoms with E-state index in [-0.39, 0.29) is 25.4 Å². The van der Waals surface area contributed by atoms with Gasteiger partial charge in [-0.2, -0.15) is 13.2 Å². The first-order valence-corrected chi connectivity index (χ1v) is 10.3. The number of hydrogen-bond donors (Lipinski definition) is 2. The minimum absolute atomic E-state index is 0.0537. The molecule has 0 atom stereocenters. The molecule has 9 heteroatoms. The van der Waals surface area contributed by atoms with Gasteiger partial charge in [-0.1, -0.05) is 12.1 Å². The van der Waals surface area contributed by atoms with Crippen LogP contribution in [0.3, 0.4) is 0 Å². The lowest BCUT2D eigenvalue weighted by Gasteiger charge is -2.30. The molecule has 2 heterocycles. The third kappa shape index (κ3) is 4.72. The Morgan fingerprint density at radius 2 is 1.90 bits per heavy atom. The van der Waals surface area contributed by atoms with Crippen LogP contribution < -0.4 is 10.6 Å². The second-order valence-corrected chi connectivity index (χ2v) is 8.20. The Hall–Kier alpha value is -2.55. The standard InChI is InChI=1S/C20H20F3N3O2S/c21-20(22,23)12-5-7-13(8-6-12)25-19(27)24-11-14-9-10-16(28-14)18-26-15-3-1-2-4-17(15)29-18/h1-4,9-10,12-13H,5-8,11H2,(H2,24,25,27). The molecule has 1 aliphatic rings. The van der Waals surface area contributed by atoms with Crippen LogP contribution in [0, 0.1) is 5.92 Å². The molecule has 4 rings (SSSR count). The summed E-state index contributed by atoms with van der Waals surface area (Å²) in [5.74, 6) is -0.0447. The number of hydrogen-bond acceptors (Lipinski definition) is 4. The summed E-state index contributed by atoms with van der Waals surface area (Å²) < 4.78 is 45.0. The third-order valence-electron chi connectivity index (χ3n) is 5.11. The first kappa shape index (κ1) is 19.8. The van der Waals surface area contributed by atoms with Gasteiger partial charge < -0.3 is 15.1 Å². The van der Waals surface area contributed by atoms with Gasteiger partial charge in [0.2, 0.25) is 0 Å². The van der Waals surface area contributed by atoms with Gasteiger partial charge in [0.05, 0.1) is 22.7 Å². The first-order valence-electron chi connectivity index (χ1n) is 9.44. The number of halogens is 3. The van der Waals surface area contributed by atoms with E-state index in [1.807, 2.05) is 30.3 Å². The van der Waals surface area contributed by atoms with Crippen molar-refractivity contribution in [1.29, 1.82) is 0 Å². The smallest absolute Gasteiger partial charge is 0.391 e. The number of furan rings is 1. The predicted molar refractivity (Wildman–Crippen MR) is 104 cm³/mol. The van der Waals surface area contributed by atoms with Crippen LogP contribution in [0.1, 0.15) is 31.4 Å². The van der Waals surface area contributed by atoms with Crippen molar-refractivity contribution in [1.82, 2.24) is 15.6 Å². The average molecular weight is 423 g/mol. The van der Waals surface area contributed by atoms with Crippen LogP contribution in [0.5, 0.6) is 0 Å². The van der Waals surface area contributed by atoms with Gasteiger partial charge in [-0.15, -0.1) is 11.3 Å². The van der Waals surface area contributed by atoms with Crippen molar-refractivity contribution in [2.24, 2.45) is 5.92 Å². The van der Waals surface area contributed by atoms with Crippen LogP contribution in [0.25, 0.3) is 21.0 Å². The minimum Gasteiger partial charge on any atom is -0.457 e. The van der Waals surface area contributed by atoms with Crippen LogP contribution in [-0.2, 0) is 6.54 Å². The lowest BCUT2D eigenvalue weighted by atomic mass is 9.86. The summed E-state index contributed by atoms with van der Waals surface area (Å²) in [5.41, 5.74) is 0.906. The molecule has 29 heavy (non-hydrogen) atoms. The normalized spacial score (nSPS) is 20.0. The van der Waals surface area contributed by atoms with Crippen LogP contribution >= 0.6 is 11.3 Å². The Balaban J connectivity index is 1.27. The van der Waals surface area contributed by atoms with Gasteiger partial charge in [-0.05, 0) is 49.9 Å². The van der Waals surface area contributed by atoms with E-state index in [0.29, 0.717) is 24.4 Å². The van der Waals surface area contributed by atoms with Gasteiger partial charge in [0.15, 0.2) is 10.8 Å². The van der Waals surface area contributed by atoms with Crippen molar-refractivity contribution < 1.29 is 22.4 Å². The fourth-order valence-electron chi connectivity index (χ4n) is 3.53. The van der Waals surface area contributed by atoms with E-state index in [1.165, 1.54) is 11.3 Å². The molecule has 2 N–H and O–H groups in total. The zero-order valence-corrected chi connectivity index (χ0v) is 16.3. The molecule has 3 aromatic rings. The number of para-hydroxylation sites is 1. The SMILES string of the molecule is O=C(NCc1ccc(-c2nc3ccccc3s2)o1)NC1CCC(C(F)(F)F)CC1. The molecule has 0 bridgehead atoms. The highest BCUT2D eigenvalue weighted by molar-refractivity contribution is 7.21. The molecule has 2 aromatic heterocycles. The number of fused-ring (bicyclic) bond motifs is 1. The number of amides is 2. The zero-order chi connectivity index (χ0) is 20.4. The number of carbonyl (C=O) groups excluding carboxylic acids is 1. The van der Waals surface area contributed by atoms with Gasteiger partial charge in [0.1, 0.15) is 5.76 Å². The van der Waals surface area contributed by atoms with E-state index in [2.05, 4.69) is 15.6 Å². The Morgan fingerprint density at radius 1 is 1.14 bits per heavy atom. The maximum absolute atomic E-state index is 12.7. The van der Waals surface area contributed by atoms with Crippen LogP contribution in [0.4, 0.5) is 18.0 Å². The summed E-state index contributed by atoms with van der Waals surface area (Å²) >= 11 is 1.53. The summed E-state index contributed by atoms with van der Waals surface area (Å²) in [6.45, 7) is 0.189. The fourth-order valence-corrected chi connectivity index (χ4v) is 4.46. The number of nitrogens with zero attached hydrogens (tertiary/aromatic N) is 1. The zero-order valence-electron chi connectivity index (χ0n) is 15.5. The lowest BCUT2D eigenvalue weighted by molar-refractivity contribution is -0.182. The van der Waals surface area contributed by atoms with Gasteiger partial charge >= 0.3 is 12.2 Å². The predicted octanol–water partition coefficient (Wildman–Crippen LogP) is 5.48. The number of rotatable bonds is 4. The summed E-state index contributed by atoms with van der Waals surface area (Å²) in [6, 6.07) is 10.8. The monoisotopic (exact) mass is 423 g/mol.